The fourth-order valence-corrected chi connectivity index (χ4v) is 3.21. The molecule has 172 valence electrons. The molecule has 7 nitrogen and oxygen atoms in total. The molecular formula is C21H28F3N3O4. The number of carbonyl (C=O) groups is 3. The predicted molar refractivity (Wildman–Crippen MR) is 107 cm³/mol. The Bertz CT molecular complexity index is 798. The van der Waals surface area contributed by atoms with Gasteiger partial charge in [0.2, 0.25) is 5.91 Å². The molecule has 1 heterocycles. The largest absolute Gasteiger partial charge is 0.444 e. The van der Waals surface area contributed by atoms with Crippen molar-refractivity contribution in [3.05, 3.63) is 35.4 Å². The van der Waals surface area contributed by atoms with Gasteiger partial charge in [0, 0.05) is 32.1 Å². The quantitative estimate of drug-likeness (QED) is 0.731. The number of hydrogen-bond donors (Lipinski definition) is 2. The molecular weight excluding hydrogens is 415 g/mol. The second kappa shape index (κ2) is 10.0. The van der Waals surface area contributed by atoms with Crippen molar-refractivity contribution in [2.45, 2.75) is 57.9 Å². The standard InChI is InChI=1S/C21H28F3N3O4/c1-20(2,3)31-19(30)25-11-8-17(28)26-14-9-12-27(13-10-14)18(29)15-6-4-5-7-16(15)21(22,23)24/h4-7,14H,8-13H2,1-3H3,(H,25,30)(H,26,28). The summed E-state index contributed by atoms with van der Waals surface area (Å²) in [5.74, 6) is -0.928. The Morgan fingerprint density at radius 1 is 1.10 bits per heavy atom. The van der Waals surface area contributed by atoms with Crippen LogP contribution in [-0.4, -0.2) is 54.1 Å². The van der Waals surface area contributed by atoms with Gasteiger partial charge in [-0.05, 0) is 45.7 Å². The maximum Gasteiger partial charge on any atom is 0.417 e. The molecule has 3 amide bonds. The van der Waals surface area contributed by atoms with Crippen LogP contribution < -0.4 is 10.6 Å². The van der Waals surface area contributed by atoms with Crippen LogP contribution in [0.15, 0.2) is 24.3 Å². The van der Waals surface area contributed by atoms with Gasteiger partial charge in [-0.3, -0.25) is 9.59 Å². The highest BCUT2D eigenvalue weighted by Crippen LogP contribution is 2.32. The first-order valence-electron chi connectivity index (χ1n) is 10.1. The van der Waals surface area contributed by atoms with Gasteiger partial charge in [0.25, 0.3) is 5.91 Å². The number of ether oxygens (including phenoxy) is 1. The minimum Gasteiger partial charge on any atom is -0.444 e. The molecule has 0 bridgehead atoms. The Kier molecular flexibility index (Phi) is 7.91. The van der Waals surface area contributed by atoms with Gasteiger partial charge < -0.3 is 20.3 Å². The predicted octanol–water partition coefficient (Wildman–Crippen LogP) is 3.34. The monoisotopic (exact) mass is 443 g/mol. The highest BCUT2D eigenvalue weighted by Gasteiger charge is 2.36. The summed E-state index contributed by atoms with van der Waals surface area (Å²) in [5, 5.41) is 5.32. The lowest BCUT2D eigenvalue weighted by molar-refractivity contribution is -0.138. The average molecular weight is 443 g/mol. The van der Waals surface area contributed by atoms with Gasteiger partial charge in [-0.25, -0.2) is 4.79 Å². The highest BCUT2D eigenvalue weighted by atomic mass is 19.4. The molecule has 1 saturated heterocycles. The molecule has 0 atom stereocenters. The van der Waals surface area contributed by atoms with E-state index in [9.17, 15) is 27.6 Å². The number of benzene rings is 1. The Morgan fingerprint density at radius 3 is 2.29 bits per heavy atom. The fraction of sp³-hybridized carbons (Fsp3) is 0.571. The van der Waals surface area contributed by atoms with Gasteiger partial charge >= 0.3 is 12.3 Å². The van der Waals surface area contributed by atoms with Crippen LogP contribution in [0, 0.1) is 0 Å². The SMILES string of the molecule is CC(C)(C)OC(=O)NCCC(=O)NC1CCN(C(=O)c2ccccc2C(F)(F)F)CC1. The van der Waals surface area contributed by atoms with Crippen molar-refractivity contribution in [3.8, 4) is 0 Å². The van der Waals surface area contributed by atoms with Crippen molar-refractivity contribution < 1.29 is 32.3 Å². The van der Waals surface area contributed by atoms with Crippen molar-refractivity contribution in [1.29, 1.82) is 0 Å². The Morgan fingerprint density at radius 2 is 1.71 bits per heavy atom. The van der Waals surface area contributed by atoms with Crippen LogP contribution in [0.5, 0.6) is 0 Å². The molecule has 0 aliphatic carbocycles. The molecule has 1 aliphatic rings. The van der Waals surface area contributed by atoms with E-state index in [-0.39, 0.29) is 43.6 Å². The van der Waals surface area contributed by atoms with E-state index >= 15 is 0 Å². The molecule has 1 aromatic carbocycles. The normalized spacial score (nSPS) is 15.4. The zero-order valence-corrected chi connectivity index (χ0v) is 17.8. The molecule has 2 N–H and O–H groups in total. The van der Waals surface area contributed by atoms with E-state index in [4.69, 9.17) is 4.74 Å². The van der Waals surface area contributed by atoms with E-state index in [1.54, 1.807) is 20.8 Å². The number of likely N-dealkylation sites (tertiary alicyclic amines) is 1. The summed E-state index contributed by atoms with van der Waals surface area (Å²) in [6, 6.07) is 4.54. The van der Waals surface area contributed by atoms with Crippen LogP contribution in [0.3, 0.4) is 0 Å². The molecule has 0 saturated carbocycles. The molecule has 31 heavy (non-hydrogen) atoms. The second-order valence-electron chi connectivity index (χ2n) is 8.36. The van der Waals surface area contributed by atoms with E-state index in [0.717, 1.165) is 6.07 Å². The maximum atomic E-state index is 13.2. The molecule has 0 unspecified atom stereocenters. The van der Waals surface area contributed by atoms with Crippen molar-refractivity contribution in [2.24, 2.45) is 0 Å². The lowest BCUT2D eigenvalue weighted by Crippen LogP contribution is -2.47. The third-order valence-electron chi connectivity index (χ3n) is 4.63. The summed E-state index contributed by atoms with van der Waals surface area (Å²) in [6.45, 7) is 5.80. The van der Waals surface area contributed by atoms with Crippen molar-refractivity contribution in [2.75, 3.05) is 19.6 Å². The van der Waals surface area contributed by atoms with Gasteiger partial charge in [0.05, 0.1) is 11.1 Å². The van der Waals surface area contributed by atoms with Crippen LogP contribution in [0.25, 0.3) is 0 Å². The van der Waals surface area contributed by atoms with Crippen LogP contribution in [-0.2, 0) is 15.7 Å². The number of carbonyl (C=O) groups excluding carboxylic acids is 3. The number of nitrogens with one attached hydrogen (secondary N) is 2. The molecule has 1 aliphatic heterocycles. The molecule has 2 rings (SSSR count). The van der Waals surface area contributed by atoms with E-state index < -0.39 is 29.3 Å². The van der Waals surface area contributed by atoms with E-state index in [0.29, 0.717) is 12.8 Å². The van der Waals surface area contributed by atoms with E-state index in [2.05, 4.69) is 10.6 Å². The zero-order chi connectivity index (χ0) is 23.2. The summed E-state index contributed by atoms with van der Waals surface area (Å²) in [4.78, 5) is 37.6. The van der Waals surface area contributed by atoms with Gasteiger partial charge in [-0.1, -0.05) is 12.1 Å². The summed E-state index contributed by atoms with van der Waals surface area (Å²) in [7, 11) is 0. The third-order valence-corrected chi connectivity index (χ3v) is 4.63. The maximum absolute atomic E-state index is 13.2. The molecule has 0 spiro atoms. The number of alkyl halides is 3. The first kappa shape index (κ1) is 24.5. The summed E-state index contributed by atoms with van der Waals surface area (Å²) < 4.78 is 44.6. The van der Waals surface area contributed by atoms with Gasteiger partial charge in [-0.15, -0.1) is 0 Å². The lowest BCUT2D eigenvalue weighted by atomic mass is 10.0. The molecule has 0 aromatic heterocycles. The average Bonchev–Trinajstić information content (AvgIpc) is 2.66. The first-order valence-corrected chi connectivity index (χ1v) is 10.1. The van der Waals surface area contributed by atoms with Crippen LogP contribution >= 0.6 is 0 Å². The molecule has 1 aromatic rings. The smallest absolute Gasteiger partial charge is 0.417 e. The number of rotatable bonds is 5. The molecule has 10 heteroatoms. The number of amides is 3. The van der Waals surface area contributed by atoms with Crippen LogP contribution in [0.4, 0.5) is 18.0 Å². The minimum absolute atomic E-state index is 0.0668. The number of halogens is 3. The van der Waals surface area contributed by atoms with E-state index in [1.807, 2.05) is 0 Å². The van der Waals surface area contributed by atoms with Gasteiger partial charge in [-0.2, -0.15) is 13.2 Å². The fourth-order valence-electron chi connectivity index (χ4n) is 3.21. The van der Waals surface area contributed by atoms with Gasteiger partial charge in [0.15, 0.2) is 0 Å². The van der Waals surface area contributed by atoms with Crippen molar-refractivity contribution in [1.82, 2.24) is 15.5 Å². The third kappa shape index (κ3) is 7.76. The number of hydrogen-bond acceptors (Lipinski definition) is 4. The topological polar surface area (TPSA) is 87.7 Å². The molecule has 1 fully saturated rings. The zero-order valence-electron chi connectivity index (χ0n) is 17.8. The number of alkyl carbamates (subject to hydrolysis) is 1. The Hall–Kier alpha value is -2.78. The summed E-state index contributed by atoms with van der Waals surface area (Å²) in [6.07, 6.45) is -4.27. The molecule has 0 radical (unpaired) electrons. The first-order chi connectivity index (χ1) is 14.4. The Labute approximate surface area is 179 Å². The summed E-state index contributed by atoms with van der Waals surface area (Å²) >= 11 is 0. The Balaban J connectivity index is 1.78. The van der Waals surface area contributed by atoms with Crippen LogP contribution in [0.1, 0.15) is 56.0 Å². The van der Waals surface area contributed by atoms with Crippen molar-refractivity contribution in [3.63, 3.8) is 0 Å². The van der Waals surface area contributed by atoms with E-state index in [1.165, 1.54) is 23.1 Å². The summed E-state index contributed by atoms with van der Waals surface area (Å²) in [5.41, 5.74) is -1.95. The second-order valence-corrected chi connectivity index (χ2v) is 8.36. The number of piperidine rings is 1. The van der Waals surface area contributed by atoms with Crippen molar-refractivity contribution >= 4 is 17.9 Å². The highest BCUT2D eigenvalue weighted by molar-refractivity contribution is 5.96. The van der Waals surface area contributed by atoms with Gasteiger partial charge in [0.1, 0.15) is 5.60 Å². The lowest BCUT2D eigenvalue weighted by Gasteiger charge is -2.33. The minimum atomic E-state index is -4.61. The van der Waals surface area contributed by atoms with Crippen LogP contribution in [0.2, 0.25) is 0 Å². The number of nitrogens with zero attached hydrogens (tertiary/aromatic N) is 1.